The minimum atomic E-state index is -0.280. The molecule has 0 bridgehead atoms. The van der Waals surface area contributed by atoms with E-state index < -0.39 is 0 Å². The average molecular weight is 589 g/mol. The van der Waals surface area contributed by atoms with Gasteiger partial charge in [0.1, 0.15) is 12.7 Å². The van der Waals surface area contributed by atoms with Gasteiger partial charge in [0.25, 0.3) is 0 Å². The summed E-state index contributed by atoms with van der Waals surface area (Å²) < 4.78 is 34.1. The van der Waals surface area contributed by atoms with Crippen LogP contribution in [-0.2, 0) is 38.0 Å². The number of carbonyl (C=O) groups is 2. The van der Waals surface area contributed by atoms with Crippen molar-refractivity contribution in [2.45, 2.75) is 169 Å². The lowest BCUT2D eigenvalue weighted by Crippen LogP contribution is -2.29. The van der Waals surface area contributed by atoms with E-state index in [0.29, 0.717) is 39.3 Å². The minimum Gasteiger partial charge on any atom is -0.463 e. The van der Waals surface area contributed by atoms with Gasteiger partial charge in [-0.2, -0.15) is 0 Å². The van der Waals surface area contributed by atoms with E-state index >= 15 is 0 Å². The molecule has 244 valence electrons. The molecule has 5 unspecified atom stereocenters. The largest absolute Gasteiger partial charge is 0.463 e. The molecule has 0 spiro atoms. The predicted octanol–water partition coefficient (Wildman–Crippen LogP) is 7.58. The first-order chi connectivity index (χ1) is 19.7. The van der Waals surface area contributed by atoms with Gasteiger partial charge in [-0.15, -0.1) is 0 Å². The van der Waals surface area contributed by atoms with Gasteiger partial charge >= 0.3 is 11.9 Å². The lowest BCUT2D eigenvalue weighted by atomic mass is 10.1. The van der Waals surface area contributed by atoms with Gasteiger partial charge in [-0.25, -0.2) is 0 Å². The minimum absolute atomic E-state index is 0.101. The van der Waals surface area contributed by atoms with Crippen molar-refractivity contribution in [2.24, 2.45) is 0 Å². The second-order valence-corrected chi connectivity index (χ2v) is 11.6. The van der Waals surface area contributed by atoms with Gasteiger partial charge in [0.15, 0.2) is 0 Å². The average Bonchev–Trinajstić information content (AvgIpc) is 2.95. The van der Waals surface area contributed by atoms with Crippen molar-refractivity contribution < 1.29 is 38.0 Å². The van der Waals surface area contributed by atoms with E-state index in [1.807, 2.05) is 34.6 Å². The van der Waals surface area contributed by atoms with Crippen molar-refractivity contribution in [3.05, 3.63) is 0 Å². The lowest BCUT2D eigenvalue weighted by molar-refractivity contribution is -0.153. The first-order valence-corrected chi connectivity index (χ1v) is 16.5. The molecular weight excluding hydrogens is 524 g/mol. The zero-order valence-electron chi connectivity index (χ0n) is 27.6. The molecular formula is C33H64O8. The molecule has 0 N–H and O–H groups in total. The van der Waals surface area contributed by atoms with Crippen LogP contribution in [0.15, 0.2) is 0 Å². The number of ether oxygens (including phenoxy) is 6. The summed E-state index contributed by atoms with van der Waals surface area (Å²) in [4.78, 5) is 23.9. The smallest absolute Gasteiger partial charge is 0.306 e. The summed E-state index contributed by atoms with van der Waals surface area (Å²) in [6.07, 6.45) is 13.9. The van der Waals surface area contributed by atoms with E-state index in [9.17, 15) is 9.59 Å². The van der Waals surface area contributed by atoms with Crippen LogP contribution in [0.25, 0.3) is 0 Å². The third-order valence-electron chi connectivity index (χ3n) is 6.74. The summed E-state index contributed by atoms with van der Waals surface area (Å²) in [6.45, 7) is 15.9. The standard InChI is InChI=1S/C33H64O8/c1-8-10-12-14-16-18-20-32(34)40-25-30(6)38-23-28(4)36-22-27(3)37-24-29(5)39-26-31(7)41-33(35)21-19-17-15-13-11-9-2/h27-31H,8-26H2,1-7H3. The van der Waals surface area contributed by atoms with Crippen molar-refractivity contribution in [3.63, 3.8) is 0 Å². The predicted molar refractivity (Wildman–Crippen MR) is 164 cm³/mol. The molecule has 0 fully saturated rings. The first-order valence-electron chi connectivity index (χ1n) is 16.5. The fourth-order valence-electron chi connectivity index (χ4n) is 4.09. The lowest BCUT2D eigenvalue weighted by Gasteiger charge is -2.22. The maximum atomic E-state index is 12.0. The third-order valence-corrected chi connectivity index (χ3v) is 6.74. The number of hydrogen-bond acceptors (Lipinski definition) is 8. The molecule has 0 heterocycles. The zero-order valence-corrected chi connectivity index (χ0v) is 27.6. The van der Waals surface area contributed by atoms with Crippen LogP contribution in [-0.4, -0.2) is 75.5 Å². The first kappa shape index (κ1) is 39.8. The highest BCUT2D eigenvalue weighted by atomic mass is 16.6. The molecule has 0 saturated carbocycles. The molecule has 0 saturated heterocycles. The Morgan fingerprint density at radius 1 is 0.439 bits per heavy atom. The molecule has 0 aromatic heterocycles. The van der Waals surface area contributed by atoms with Crippen LogP contribution in [0.5, 0.6) is 0 Å². The molecule has 0 radical (unpaired) electrons. The van der Waals surface area contributed by atoms with Crippen LogP contribution < -0.4 is 0 Å². The van der Waals surface area contributed by atoms with Gasteiger partial charge in [0.2, 0.25) is 0 Å². The highest BCUT2D eigenvalue weighted by Crippen LogP contribution is 2.10. The fourth-order valence-corrected chi connectivity index (χ4v) is 4.09. The molecule has 0 aromatic carbocycles. The van der Waals surface area contributed by atoms with E-state index in [1.54, 1.807) is 0 Å². The monoisotopic (exact) mass is 588 g/mol. The van der Waals surface area contributed by atoms with Crippen LogP contribution >= 0.6 is 0 Å². The fraction of sp³-hybridized carbons (Fsp3) is 0.939. The van der Waals surface area contributed by atoms with Crippen molar-refractivity contribution in [2.75, 3.05) is 33.0 Å². The molecule has 8 heteroatoms. The second kappa shape index (κ2) is 27.6. The molecule has 41 heavy (non-hydrogen) atoms. The second-order valence-electron chi connectivity index (χ2n) is 11.6. The van der Waals surface area contributed by atoms with Gasteiger partial charge in [-0.3, -0.25) is 9.59 Å². The third kappa shape index (κ3) is 27.4. The molecule has 8 nitrogen and oxygen atoms in total. The normalized spacial score (nSPS) is 15.2. The molecule has 0 aliphatic heterocycles. The van der Waals surface area contributed by atoms with E-state index in [1.165, 1.54) is 51.4 Å². The van der Waals surface area contributed by atoms with E-state index in [0.717, 1.165) is 25.7 Å². The Morgan fingerprint density at radius 3 is 1.22 bits per heavy atom. The Kier molecular flexibility index (Phi) is 26.8. The highest BCUT2D eigenvalue weighted by molar-refractivity contribution is 5.69. The molecule has 0 aromatic rings. The van der Waals surface area contributed by atoms with E-state index in [-0.39, 0.29) is 49.1 Å². The molecule has 0 amide bonds. The topological polar surface area (TPSA) is 89.5 Å². The summed E-state index contributed by atoms with van der Waals surface area (Å²) in [5.41, 5.74) is 0. The van der Waals surface area contributed by atoms with Crippen LogP contribution in [0.4, 0.5) is 0 Å². The Morgan fingerprint density at radius 2 is 0.780 bits per heavy atom. The number of carbonyl (C=O) groups excluding carboxylic acids is 2. The van der Waals surface area contributed by atoms with Crippen LogP contribution in [0.1, 0.15) is 138 Å². The summed E-state index contributed by atoms with van der Waals surface area (Å²) in [5.74, 6) is -0.299. The van der Waals surface area contributed by atoms with Crippen molar-refractivity contribution in [1.82, 2.24) is 0 Å². The maximum absolute atomic E-state index is 12.0. The van der Waals surface area contributed by atoms with Gasteiger partial charge in [0, 0.05) is 12.8 Å². The number of unbranched alkanes of at least 4 members (excludes halogenated alkanes) is 10. The Hall–Kier alpha value is -1.22. The van der Waals surface area contributed by atoms with Crippen LogP contribution in [0.2, 0.25) is 0 Å². The van der Waals surface area contributed by atoms with Gasteiger partial charge < -0.3 is 28.4 Å². The maximum Gasteiger partial charge on any atom is 0.306 e. The Balaban J connectivity index is 3.81. The molecule has 5 atom stereocenters. The van der Waals surface area contributed by atoms with Crippen LogP contribution in [0, 0.1) is 0 Å². The molecule has 0 rings (SSSR count). The quantitative estimate of drug-likeness (QED) is 0.0652. The summed E-state index contributed by atoms with van der Waals surface area (Å²) >= 11 is 0. The zero-order chi connectivity index (χ0) is 30.7. The molecule has 0 aliphatic carbocycles. The van der Waals surface area contributed by atoms with E-state index in [4.69, 9.17) is 28.4 Å². The summed E-state index contributed by atoms with van der Waals surface area (Å²) in [5, 5.41) is 0. The van der Waals surface area contributed by atoms with E-state index in [2.05, 4.69) is 13.8 Å². The van der Waals surface area contributed by atoms with Crippen molar-refractivity contribution in [3.8, 4) is 0 Å². The SMILES string of the molecule is CCCCCCCCC(=O)OCC(C)OCC(C)OCC(C)OCC(C)OCC(C)OC(=O)CCCCCCCC. The van der Waals surface area contributed by atoms with Crippen molar-refractivity contribution in [1.29, 1.82) is 0 Å². The summed E-state index contributed by atoms with van der Waals surface area (Å²) in [6, 6.07) is 0. The number of rotatable bonds is 29. The molecule has 0 aliphatic rings. The number of esters is 2. The van der Waals surface area contributed by atoms with Gasteiger partial charge in [-0.1, -0.05) is 78.1 Å². The Bertz CT molecular complexity index is 614. The highest BCUT2D eigenvalue weighted by Gasteiger charge is 2.15. The van der Waals surface area contributed by atoms with Gasteiger partial charge in [0.05, 0.1) is 50.8 Å². The van der Waals surface area contributed by atoms with Gasteiger partial charge in [-0.05, 0) is 47.5 Å². The van der Waals surface area contributed by atoms with Crippen molar-refractivity contribution >= 4 is 11.9 Å². The number of hydrogen-bond donors (Lipinski definition) is 0. The summed E-state index contributed by atoms with van der Waals surface area (Å²) in [7, 11) is 0. The Labute approximate surface area is 251 Å². The van der Waals surface area contributed by atoms with Crippen LogP contribution in [0.3, 0.4) is 0 Å².